The van der Waals surface area contributed by atoms with Crippen molar-refractivity contribution in [2.45, 2.75) is 165 Å². The molecular formula is C37H66ClN3O7S2. The Balaban J connectivity index is 0.0000125. The summed E-state index contributed by atoms with van der Waals surface area (Å²) in [6, 6.07) is 1.98. The maximum Gasteiger partial charge on any atom is 0.300 e. The Morgan fingerprint density at radius 2 is 1.12 bits per heavy atom. The van der Waals surface area contributed by atoms with Gasteiger partial charge in [-0.2, -0.15) is 0 Å². The van der Waals surface area contributed by atoms with Gasteiger partial charge in [0.1, 0.15) is 10.5 Å². The van der Waals surface area contributed by atoms with Crippen LogP contribution in [0.1, 0.15) is 165 Å². The molecule has 0 radical (unpaired) electrons. The molecule has 50 heavy (non-hydrogen) atoms. The van der Waals surface area contributed by atoms with E-state index in [2.05, 4.69) is 13.8 Å². The second-order valence-electron chi connectivity index (χ2n) is 14.0. The van der Waals surface area contributed by atoms with Crippen LogP contribution in [0.3, 0.4) is 0 Å². The molecule has 0 spiro atoms. The highest BCUT2D eigenvalue weighted by atomic mass is 35.5. The van der Waals surface area contributed by atoms with Crippen LogP contribution in [-0.4, -0.2) is 63.7 Å². The topological polar surface area (TPSA) is 158 Å². The molecule has 0 bridgehead atoms. The number of carbonyl (C=O) groups excluding carboxylic acids is 1. The van der Waals surface area contributed by atoms with Crippen molar-refractivity contribution < 1.29 is 26.6 Å². The molecule has 290 valence electrons. The number of halogens is 1. The van der Waals surface area contributed by atoms with Gasteiger partial charge in [0.05, 0.1) is 21.3 Å². The van der Waals surface area contributed by atoms with Crippen molar-refractivity contribution in [1.29, 1.82) is 0 Å². The molecule has 0 atom stereocenters. The zero-order valence-corrected chi connectivity index (χ0v) is 33.3. The molecule has 10 nitrogen and oxygen atoms in total. The van der Waals surface area contributed by atoms with Crippen LogP contribution in [0.2, 0.25) is 0 Å². The maximum absolute atomic E-state index is 13.8. The third-order valence-corrected chi connectivity index (χ3v) is 13.5. The molecule has 1 saturated heterocycles. The van der Waals surface area contributed by atoms with Gasteiger partial charge in [-0.1, -0.05) is 129 Å². The Labute approximate surface area is 309 Å². The maximum atomic E-state index is 13.8. The number of piperidine rings is 1. The number of unbranched alkanes of at least 4 members (excludes halogenated alkanes) is 18. The van der Waals surface area contributed by atoms with Gasteiger partial charge in [0, 0.05) is 13.1 Å². The highest BCUT2D eigenvalue weighted by Crippen LogP contribution is 2.35. The first-order chi connectivity index (χ1) is 23.5. The van der Waals surface area contributed by atoms with E-state index >= 15 is 0 Å². The van der Waals surface area contributed by atoms with Gasteiger partial charge in [0.15, 0.2) is 19.7 Å². The van der Waals surface area contributed by atoms with Crippen molar-refractivity contribution in [3.8, 4) is 0 Å². The Morgan fingerprint density at radius 1 is 0.720 bits per heavy atom. The zero-order chi connectivity index (χ0) is 36.1. The summed E-state index contributed by atoms with van der Waals surface area (Å²) in [6.07, 6.45) is 21.5. The van der Waals surface area contributed by atoms with E-state index in [9.17, 15) is 31.7 Å². The van der Waals surface area contributed by atoms with E-state index in [4.69, 9.17) is 5.73 Å². The summed E-state index contributed by atoms with van der Waals surface area (Å²) in [4.78, 5) is 25.8. The lowest BCUT2D eigenvalue weighted by atomic mass is 9.96. The number of rotatable bonds is 27. The number of carbonyl (C=O) groups is 1. The third kappa shape index (κ3) is 16.3. The van der Waals surface area contributed by atoms with Crippen molar-refractivity contribution in [3.05, 3.63) is 27.8 Å². The molecule has 13 heteroatoms. The van der Waals surface area contributed by atoms with Crippen molar-refractivity contribution in [3.63, 3.8) is 0 Å². The van der Waals surface area contributed by atoms with Crippen LogP contribution in [0.5, 0.6) is 0 Å². The largest absolute Gasteiger partial charge is 0.338 e. The number of benzene rings is 1. The van der Waals surface area contributed by atoms with Gasteiger partial charge >= 0.3 is 5.69 Å². The van der Waals surface area contributed by atoms with Crippen molar-refractivity contribution in [2.24, 2.45) is 11.7 Å². The van der Waals surface area contributed by atoms with Gasteiger partial charge in [-0.3, -0.25) is 14.9 Å². The summed E-state index contributed by atoms with van der Waals surface area (Å²) >= 11 is 0. The number of likely N-dealkylation sites (tertiary alicyclic amines) is 1. The molecule has 0 aromatic heterocycles. The SMILES string of the molecule is CCCCCCCCCCCCS(=O)(=O)c1cc(C(=O)N2CCC(CN)CC2)c([N+](=O)[O-])c(S(=O)(=O)CCCCCCCCCCCC)c1.Cl. The van der Waals surface area contributed by atoms with Gasteiger partial charge in [-0.25, -0.2) is 16.8 Å². The number of sulfone groups is 2. The molecule has 2 rings (SSSR count). The highest BCUT2D eigenvalue weighted by molar-refractivity contribution is 7.92. The van der Waals surface area contributed by atoms with Gasteiger partial charge in [0.2, 0.25) is 0 Å². The van der Waals surface area contributed by atoms with Gasteiger partial charge < -0.3 is 10.6 Å². The summed E-state index contributed by atoms with van der Waals surface area (Å²) in [7, 11) is -8.27. The fraction of sp³-hybridized carbons (Fsp3) is 0.811. The molecule has 1 fully saturated rings. The van der Waals surface area contributed by atoms with Crippen molar-refractivity contribution in [2.75, 3.05) is 31.1 Å². The van der Waals surface area contributed by atoms with Gasteiger partial charge in [0.25, 0.3) is 5.91 Å². The minimum absolute atomic E-state index is 0. The summed E-state index contributed by atoms with van der Waals surface area (Å²) in [5, 5.41) is 12.5. The number of nitrogens with two attached hydrogens (primary N) is 1. The summed E-state index contributed by atoms with van der Waals surface area (Å²) in [6.45, 7) is 5.47. The normalized spacial score (nSPS) is 14.1. The van der Waals surface area contributed by atoms with Crippen LogP contribution in [0, 0.1) is 16.0 Å². The molecule has 1 aliphatic rings. The second-order valence-corrected chi connectivity index (χ2v) is 18.2. The minimum Gasteiger partial charge on any atom is -0.338 e. The van der Waals surface area contributed by atoms with Crippen LogP contribution < -0.4 is 5.73 Å². The smallest absolute Gasteiger partial charge is 0.300 e. The number of nitro groups is 1. The molecule has 1 aromatic carbocycles. The number of nitrogens with zero attached hydrogens (tertiary/aromatic N) is 2. The predicted octanol–water partition coefficient (Wildman–Crippen LogP) is 9.22. The van der Waals surface area contributed by atoms with Crippen LogP contribution in [0.15, 0.2) is 21.9 Å². The van der Waals surface area contributed by atoms with E-state index in [1.165, 1.54) is 62.7 Å². The number of hydrogen-bond acceptors (Lipinski definition) is 8. The molecule has 1 aromatic rings. The molecule has 1 aliphatic heterocycles. The van der Waals surface area contributed by atoms with Crippen molar-refractivity contribution in [1.82, 2.24) is 4.90 Å². The van der Waals surface area contributed by atoms with Crippen LogP contribution in [-0.2, 0) is 19.7 Å². The summed E-state index contributed by atoms with van der Waals surface area (Å²) in [5.41, 5.74) is 4.51. The molecule has 0 unspecified atom stereocenters. The van der Waals surface area contributed by atoms with Crippen molar-refractivity contribution >= 4 is 43.7 Å². The van der Waals surface area contributed by atoms with E-state index in [-0.39, 0.29) is 34.7 Å². The van der Waals surface area contributed by atoms with E-state index in [1.807, 2.05) is 0 Å². The molecule has 1 amide bonds. The zero-order valence-electron chi connectivity index (χ0n) is 30.9. The van der Waals surface area contributed by atoms with Crippen LogP contribution in [0.4, 0.5) is 5.69 Å². The Hall–Kier alpha value is -1.76. The summed E-state index contributed by atoms with van der Waals surface area (Å²) in [5.74, 6) is -1.05. The number of nitro benzene ring substituents is 1. The van der Waals surface area contributed by atoms with E-state index in [1.54, 1.807) is 0 Å². The Bertz CT molecular complexity index is 1350. The Kier molecular flexibility index (Phi) is 23.4. The Morgan fingerprint density at radius 3 is 1.52 bits per heavy atom. The average molecular weight is 765 g/mol. The van der Waals surface area contributed by atoms with Gasteiger partial charge in [-0.15, -0.1) is 12.4 Å². The molecular weight excluding hydrogens is 698 g/mol. The number of hydrogen-bond donors (Lipinski definition) is 1. The molecule has 0 saturated carbocycles. The quantitative estimate of drug-likeness (QED) is 0.0528. The van der Waals surface area contributed by atoms with E-state index in [0.29, 0.717) is 58.2 Å². The first-order valence-corrected chi connectivity index (χ1v) is 22.6. The van der Waals surface area contributed by atoms with Crippen LogP contribution in [0.25, 0.3) is 0 Å². The monoisotopic (exact) mass is 763 g/mol. The molecule has 2 N–H and O–H groups in total. The lowest BCUT2D eigenvalue weighted by molar-refractivity contribution is -0.388. The van der Waals surface area contributed by atoms with E-state index in [0.717, 1.165) is 57.1 Å². The fourth-order valence-electron chi connectivity index (χ4n) is 6.68. The second kappa shape index (κ2) is 25.3. The number of amides is 1. The lowest BCUT2D eigenvalue weighted by Crippen LogP contribution is -2.40. The fourth-order valence-corrected chi connectivity index (χ4v) is 9.76. The molecule has 0 aliphatic carbocycles. The third-order valence-electron chi connectivity index (χ3n) is 9.92. The highest BCUT2D eigenvalue weighted by Gasteiger charge is 2.37. The standard InChI is InChI=1S/C37H65N3O7S2.ClH/c1-3-5-7-9-11-13-15-17-19-21-27-48(44,45)33-29-34(37(41)39-25-23-32(31-38)24-26-39)36(40(42)43)35(30-33)49(46,47)28-22-20-18-16-14-12-10-8-6-4-2;/h29-30,32H,3-28,31,38H2,1-2H3;1H. The average Bonchev–Trinajstić information content (AvgIpc) is 3.08. The predicted molar refractivity (Wildman–Crippen MR) is 206 cm³/mol. The summed E-state index contributed by atoms with van der Waals surface area (Å²) < 4.78 is 54.6. The van der Waals surface area contributed by atoms with Gasteiger partial charge in [-0.05, 0) is 50.3 Å². The first kappa shape index (κ1) is 46.3. The first-order valence-electron chi connectivity index (χ1n) is 19.3. The van der Waals surface area contributed by atoms with Crippen LogP contribution >= 0.6 is 12.4 Å². The minimum atomic E-state index is -4.26. The van der Waals surface area contributed by atoms with E-state index < -0.39 is 46.7 Å². The molecule has 1 heterocycles. The lowest BCUT2D eigenvalue weighted by Gasteiger charge is -2.31.